The second-order valence-electron chi connectivity index (χ2n) is 5.56. The van der Waals surface area contributed by atoms with Crippen LogP contribution in [0.15, 0.2) is 4.42 Å². The van der Waals surface area contributed by atoms with Gasteiger partial charge in [-0.3, -0.25) is 4.79 Å². The van der Waals surface area contributed by atoms with E-state index < -0.39 is 5.54 Å². The average molecular weight is 275 g/mol. The van der Waals surface area contributed by atoms with Crippen LogP contribution < -0.4 is 5.32 Å². The highest BCUT2D eigenvalue weighted by Gasteiger charge is 2.33. The topological polar surface area (TPSA) is 78.9 Å². The third kappa shape index (κ3) is 3.19. The standard InChI is InChI=1S/C15H21N3O2/c1-11-13(20-12(2)17-11)14(19)18-15(10-16)8-6-4-3-5-7-9-15/h3-9H2,1-2H3,(H,18,19). The molecule has 1 aromatic heterocycles. The zero-order valence-electron chi connectivity index (χ0n) is 12.2. The Hall–Kier alpha value is -1.83. The van der Waals surface area contributed by atoms with Crippen molar-refractivity contribution in [2.24, 2.45) is 0 Å². The summed E-state index contributed by atoms with van der Waals surface area (Å²) in [6, 6.07) is 2.32. The first-order chi connectivity index (χ1) is 9.56. The van der Waals surface area contributed by atoms with Gasteiger partial charge in [0.05, 0.1) is 11.8 Å². The molecule has 0 aliphatic heterocycles. The van der Waals surface area contributed by atoms with Crippen LogP contribution in [0.25, 0.3) is 0 Å². The number of amides is 1. The Kier molecular flexibility index (Phi) is 4.43. The number of aromatic nitrogens is 1. The minimum absolute atomic E-state index is 0.221. The predicted octanol–water partition coefficient (Wildman–Crippen LogP) is 3.03. The molecule has 1 saturated carbocycles. The third-order valence-corrected chi connectivity index (χ3v) is 3.88. The molecule has 0 aromatic carbocycles. The van der Waals surface area contributed by atoms with Crippen LogP contribution in [0.4, 0.5) is 0 Å². The Morgan fingerprint density at radius 3 is 2.35 bits per heavy atom. The van der Waals surface area contributed by atoms with Crippen LogP contribution in [-0.4, -0.2) is 16.4 Å². The monoisotopic (exact) mass is 275 g/mol. The van der Waals surface area contributed by atoms with Crippen molar-refractivity contribution >= 4 is 5.91 Å². The van der Waals surface area contributed by atoms with E-state index in [4.69, 9.17) is 4.42 Å². The second kappa shape index (κ2) is 6.08. The van der Waals surface area contributed by atoms with Crippen molar-refractivity contribution in [3.05, 3.63) is 17.3 Å². The molecule has 1 N–H and O–H groups in total. The van der Waals surface area contributed by atoms with E-state index >= 15 is 0 Å². The van der Waals surface area contributed by atoms with Gasteiger partial charge in [-0.1, -0.05) is 32.1 Å². The molecule has 20 heavy (non-hydrogen) atoms. The first-order valence-corrected chi connectivity index (χ1v) is 7.24. The maximum atomic E-state index is 12.3. The lowest BCUT2D eigenvalue weighted by Crippen LogP contribution is -2.47. The number of oxazole rings is 1. The fourth-order valence-corrected chi connectivity index (χ4v) is 2.79. The van der Waals surface area contributed by atoms with Gasteiger partial charge in [0.2, 0.25) is 5.76 Å². The highest BCUT2D eigenvalue weighted by Crippen LogP contribution is 2.26. The van der Waals surface area contributed by atoms with E-state index in [1.807, 2.05) is 0 Å². The van der Waals surface area contributed by atoms with Gasteiger partial charge in [-0.15, -0.1) is 0 Å². The van der Waals surface area contributed by atoms with Crippen LogP contribution >= 0.6 is 0 Å². The van der Waals surface area contributed by atoms with Crippen molar-refractivity contribution in [1.82, 2.24) is 10.3 Å². The predicted molar refractivity (Wildman–Crippen MR) is 74.1 cm³/mol. The first kappa shape index (κ1) is 14.6. The first-order valence-electron chi connectivity index (χ1n) is 7.24. The van der Waals surface area contributed by atoms with Crippen molar-refractivity contribution in [3.63, 3.8) is 0 Å². The van der Waals surface area contributed by atoms with Crippen molar-refractivity contribution in [2.45, 2.75) is 64.3 Å². The smallest absolute Gasteiger partial charge is 0.290 e. The molecule has 1 fully saturated rings. The lowest BCUT2D eigenvalue weighted by atomic mass is 9.85. The summed E-state index contributed by atoms with van der Waals surface area (Å²) in [5.41, 5.74) is -0.191. The van der Waals surface area contributed by atoms with Crippen LogP contribution in [-0.2, 0) is 0 Å². The number of rotatable bonds is 2. The van der Waals surface area contributed by atoms with Gasteiger partial charge in [0.25, 0.3) is 5.91 Å². The summed E-state index contributed by atoms with van der Waals surface area (Å²) in [4.78, 5) is 16.4. The van der Waals surface area contributed by atoms with Crippen LogP contribution in [0.3, 0.4) is 0 Å². The molecule has 1 amide bonds. The highest BCUT2D eigenvalue weighted by atomic mass is 16.4. The number of nitrogens with zero attached hydrogens (tertiary/aromatic N) is 2. The fourth-order valence-electron chi connectivity index (χ4n) is 2.79. The summed E-state index contributed by atoms with van der Waals surface area (Å²) in [7, 11) is 0. The number of hydrogen-bond donors (Lipinski definition) is 1. The van der Waals surface area contributed by atoms with E-state index in [9.17, 15) is 10.1 Å². The van der Waals surface area contributed by atoms with Gasteiger partial charge >= 0.3 is 0 Å². The molecule has 0 saturated heterocycles. The number of hydrogen-bond acceptors (Lipinski definition) is 4. The Labute approximate surface area is 119 Å². The van der Waals surface area contributed by atoms with E-state index in [0.29, 0.717) is 24.4 Å². The largest absolute Gasteiger partial charge is 0.436 e. The molecule has 0 spiro atoms. The molecular weight excluding hydrogens is 254 g/mol. The van der Waals surface area contributed by atoms with E-state index in [1.165, 1.54) is 6.42 Å². The zero-order chi connectivity index (χ0) is 14.6. The highest BCUT2D eigenvalue weighted by molar-refractivity contribution is 5.93. The molecule has 1 aromatic rings. The minimum atomic E-state index is -0.759. The summed E-state index contributed by atoms with van der Waals surface area (Å²) < 4.78 is 5.33. The molecule has 0 bridgehead atoms. The van der Waals surface area contributed by atoms with E-state index in [0.717, 1.165) is 25.7 Å². The molecule has 5 nitrogen and oxygen atoms in total. The summed E-state index contributed by atoms with van der Waals surface area (Å²) in [5.74, 6) is 0.362. The van der Waals surface area contributed by atoms with E-state index in [-0.39, 0.29) is 11.7 Å². The molecule has 0 atom stereocenters. The lowest BCUT2D eigenvalue weighted by Gasteiger charge is -2.29. The summed E-state index contributed by atoms with van der Waals surface area (Å²) in [6.07, 6.45) is 6.84. The third-order valence-electron chi connectivity index (χ3n) is 3.88. The number of carbonyl (C=O) groups is 1. The normalized spacial score (nSPS) is 18.6. The summed E-state index contributed by atoms with van der Waals surface area (Å²) in [6.45, 7) is 3.45. The molecule has 1 heterocycles. The zero-order valence-corrected chi connectivity index (χ0v) is 12.2. The van der Waals surface area contributed by atoms with Gasteiger partial charge in [-0.25, -0.2) is 4.98 Å². The van der Waals surface area contributed by atoms with Crippen molar-refractivity contribution in [3.8, 4) is 6.07 Å². The number of nitriles is 1. The van der Waals surface area contributed by atoms with Crippen molar-refractivity contribution in [1.29, 1.82) is 5.26 Å². The molecule has 5 heteroatoms. The van der Waals surface area contributed by atoms with Crippen LogP contribution in [0.1, 0.15) is 67.1 Å². The van der Waals surface area contributed by atoms with Gasteiger partial charge in [0, 0.05) is 6.92 Å². The number of nitrogens with one attached hydrogen (secondary N) is 1. The molecular formula is C15H21N3O2. The second-order valence-corrected chi connectivity index (χ2v) is 5.56. The van der Waals surface area contributed by atoms with Gasteiger partial charge in [0.15, 0.2) is 5.89 Å². The average Bonchev–Trinajstić information content (AvgIpc) is 2.72. The molecule has 0 radical (unpaired) electrons. The molecule has 1 aliphatic carbocycles. The van der Waals surface area contributed by atoms with Crippen molar-refractivity contribution in [2.75, 3.05) is 0 Å². The Morgan fingerprint density at radius 2 is 1.85 bits per heavy atom. The fraction of sp³-hybridized carbons (Fsp3) is 0.667. The van der Waals surface area contributed by atoms with Crippen LogP contribution in [0.2, 0.25) is 0 Å². The van der Waals surface area contributed by atoms with Crippen LogP contribution in [0, 0.1) is 25.2 Å². The molecule has 108 valence electrons. The molecule has 2 rings (SSSR count). The van der Waals surface area contributed by atoms with Crippen LogP contribution in [0.5, 0.6) is 0 Å². The van der Waals surface area contributed by atoms with E-state index in [1.54, 1.807) is 13.8 Å². The molecule has 0 unspecified atom stereocenters. The maximum absolute atomic E-state index is 12.3. The Bertz CT molecular complexity index is 520. The molecule has 1 aliphatic rings. The Balaban J connectivity index is 2.14. The van der Waals surface area contributed by atoms with Gasteiger partial charge in [-0.2, -0.15) is 5.26 Å². The minimum Gasteiger partial charge on any atom is -0.436 e. The van der Waals surface area contributed by atoms with Gasteiger partial charge < -0.3 is 9.73 Å². The van der Waals surface area contributed by atoms with Gasteiger partial charge in [0.1, 0.15) is 5.54 Å². The SMILES string of the molecule is Cc1nc(C)c(C(=O)NC2(C#N)CCCCCCC2)o1. The summed E-state index contributed by atoms with van der Waals surface area (Å²) in [5, 5.41) is 12.4. The number of aryl methyl sites for hydroxylation is 2. The quantitative estimate of drug-likeness (QED) is 0.899. The van der Waals surface area contributed by atoms with E-state index in [2.05, 4.69) is 16.4 Å². The lowest BCUT2D eigenvalue weighted by molar-refractivity contribution is 0.0877. The van der Waals surface area contributed by atoms with Gasteiger partial charge in [-0.05, 0) is 19.8 Å². The summed E-state index contributed by atoms with van der Waals surface area (Å²) >= 11 is 0. The Morgan fingerprint density at radius 1 is 1.25 bits per heavy atom. The maximum Gasteiger partial charge on any atom is 0.290 e. The number of carbonyl (C=O) groups excluding carboxylic acids is 1. The van der Waals surface area contributed by atoms with Crippen molar-refractivity contribution < 1.29 is 9.21 Å².